The van der Waals surface area contributed by atoms with E-state index in [2.05, 4.69) is 15.4 Å². The van der Waals surface area contributed by atoms with Crippen LogP contribution in [0.4, 0.5) is 10.1 Å². The monoisotopic (exact) mass is 236 g/mol. The topological polar surface area (TPSA) is 52.0 Å². The van der Waals surface area contributed by atoms with Gasteiger partial charge in [-0.15, -0.1) is 0 Å². The van der Waals surface area contributed by atoms with E-state index in [4.69, 9.17) is 4.74 Å². The van der Waals surface area contributed by atoms with Crippen molar-refractivity contribution in [3.8, 4) is 5.75 Å². The first-order chi connectivity index (χ1) is 8.20. The molecule has 1 aromatic carbocycles. The molecule has 0 spiro atoms. The van der Waals surface area contributed by atoms with Gasteiger partial charge in [-0.2, -0.15) is 5.10 Å². The third kappa shape index (κ3) is 2.52. The molecule has 5 nitrogen and oxygen atoms in total. The van der Waals surface area contributed by atoms with Gasteiger partial charge in [0.05, 0.1) is 19.3 Å². The summed E-state index contributed by atoms with van der Waals surface area (Å²) in [7, 11) is 3.31. The molecule has 90 valence electrons. The fraction of sp³-hybridized carbons (Fsp3) is 0.273. The van der Waals surface area contributed by atoms with Crippen LogP contribution in [0, 0.1) is 5.82 Å². The molecular formula is C11H13FN4O. The zero-order chi connectivity index (χ0) is 12.3. The Kier molecular flexibility index (Phi) is 3.22. The molecule has 0 aliphatic heterocycles. The van der Waals surface area contributed by atoms with Crippen molar-refractivity contribution >= 4 is 5.69 Å². The van der Waals surface area contributed by atoms with Crippen LogP contribution >= 0.6 is 0 Å². The first kappa shape index (κ1) is 11.4. The standard InChI is InChI=1S/C11H13FN4O/c1-16-11(14-7-15-16)6-13-9-4-3-8(12)5-10(9)17-2/h3-5,7,13H,6H2,1-2H3. The van der Waals surface area contributed by atoms with Gasteiger partial charge in [0.15, 0.2) is 0 Å². The maximum atomic E-state index is 13.0. The Bertz CT molecular complexity index is 512. The number of ether oxygens (including phenoxy) is 1. The molecule has 6 heteroatoms. The molecule has 0 aliphatic rings. The van der Waals surface area contributed by atoms with Gasteiger partial charge in [-0.1, -0.05) is 0 Å². The second kappa shape index (κ2) is 4.82. The summed E-state index contributed by atoms with van der Waals surface area (Å²) in [4.78, 5) is 4.08. The average molecular weight is 236 g/mol. The van der Waals surface area contributed by atoms with E-state index in [-0.39, 0.29) is 5.82 Å². The minimum Gasteiger partial charge on any atom is -0.494 e. The number of nitrogens with zero attached hydrogens (tertiary/aromatic N) is 3. The molecule has 1 N–H and O–H groups in total. The van der Waals surface area contributed by atoms with Crippen molar-refractivity contribution in [2.75, 3.05) is 12.4 Å². The van der Waals surface area contributed by atoms with Crippen molar-refractivity contribution in [2.45, 2.75) is 6.54 Å². The van der Waals surface area contributed by atoms with Crippen LogP contribution < -0.4 is 10.1 Å². The predicted octanol–water partition coefficient (Wildman–Crippen LogP) is 1.57. The van der Waals surface area contributed by atoms with E-state index < -0.39 is 0 Å². The second-order valence-electron chi connectivity index (χ2n) is 3.50. The van der Waals surface area contributed by atoms with Crippen LogP contribution in [-0.2, 0) is 13.6 Å². The summed E-state index contributed by atoms with van der Waals surface area (Å²) in [5, 5.41) is 7.08. The van der Waals surface area contributed by atoms with Crippen molar-refractivity contribution in [1.29, 1.82) is 0 Å². The van der Waals surface area contributed by atoms with Gasteiger partial charge in [0.25, 0.3) is 0 Å². The lowest BCUT2D eigenvalue weighted by atomic mass is 10.3. The first-order valence-corrected chi connectivity index (χ1v) is 5.11. The summed E-state index contributed by atoms with van der Waals surface area (Å²) < 4.78 is 19.7. The minimum absolute atomic E-state index is 0.328. The van der Waals surface area contributed by atoms with E-state index in [9.17, 15) is 4.39 Å². The van der Waals surface area contributed by atoms with E-state index >= 15 is 0 Å². The maximum Gasteiger partial charge on any atom is 0.145 e. The molecule has 0 saturated carbocycles. The first-order valence-electron chi connectivity index (χ1n) is 5.11. The van der Waals surface area contributed by atoms with Gasteiger partial charge >= 0.3 is 0 Å². The van der Waals surface area contributed by atoms with Crippen molar-refractivity contribution in [3.05, 3.63) is 36.2 Å². The fourth-order valence-corrected chi connectivity index (χ4v) is 1.47. The Labute approximate surface area is 98.2 Å². The number of aryl methyl sites for hydroxylation is 1. The van der Waals surface area contributed by atoms with Crippen molar-refractivity contribution < 1.29 is 9.13 Å². The van der Waals surface area contributed by atoms with E-state index in [0.717, 1.165) is 11.5 Å². The number of anilines is 1. The summed E-state index contributed by atoms with van der Waals surface area (Å²) in [5.41, 5.74) is 0.719. The largest absolute Gasteiger partial charge is 0.494 e. The predicted molar refractivity (Wildman–Crippen MR) is 61.3 cm³/mol. The quantitative estimate of drug-likeness (QED) is 0.875. The molecule has 0 fully saturated rings. The van der Waals surface area contributed by atoms with Crippen LogP contribution in [0.5, 0.6) is 5.75 Å². The van der Waals surface area contributed by atoms with Gasteiger partial charge in [-0.25, -0.2) is 9.37 Å². The van der Waals surface area contributed by atoms with E-state index in [1.165, 1.54) is 25.6 Å². The SMILES string of the molecule is COc1cc(F)ccc1NCc1ncnn1C. The molecule has 0 bridgehead atoms. The number of hydrogen-bond acceptors (Lipinski definition) is 4. The molecule has 0 radical (unpaired) electrons. The molecule has 0 saturated heterocycles. The Morgan fingerprint density at radius 3 is 2.94 bits per heavy atom. The number of benzene rings is 1. The molecule has 0 amide bonds. The lowest BCUT2D eigenvalue weighted by Crippen LogP contribution is -2.07. The van der Waals surface area contributed by atoms with Crippen molar-refractivity contribution in [3.63, 3.8) is 0 Å². The summed E-state index contributed by atoms with van der Waals surface area (Å²) >= 11 is 0. The Hall–Kier alpha value is -2.11. The average Bonchev–Trinajstić information content (AvgIpc) is 2.73. The van der Waals surface area contributed by atoms with E-state index in [0.29, 0.717) is 12.3 Å². The number of methoxy groups -OCH3 is 1. The molecule has 2 rings (SSSR count). The summed E-state index contributed by atoms with van der Waals surface area (Å²) in [6, 6.07) is 4.34. The summed E-state index contributed by atoms with van der Waals surface area (Å²) in [6.45, 7) is 0.499. The fourth-order valence-electron chi connectivity index (χ4n) is 1.47. The molecule has 17 heavy (non-hydrogen) atoms. The van der Waals surface area contributed by atoms with Crippen LogP contribution in [0.3, 0.4) is 0 Å². The van der Waals surface area contributed by atoms with Crippen LogP contribution in [0.15, 0.2) is 24.5 Å². The van der Waals surface area contributed by atoms with Gasteiger partial charge in [0.2, 0.25) is 0 Å². The third-order valence-electron chi connectivity index (χ3n) is 2.41. The van der Waals surface area contributed by atoms with Gasteiger partial charge in [0.1, 0.15) is 23.7 Å². The molecular weight excluding hydrogens is 223 g/mol. The zero-order valence-corrected chi connectivity index (χ0v) is 9.64. The Morgan fingerprint density at radius 2 is 2.29 bits per heavy atom. The van der Waals surface area contributed by atoms with Gasteiger partial charge in [-0.3, -0.25) is 4.68 Å². The van der Waals surface area contributed by atoms with Gasteiger partial charge in [0, 0.05) is 13.1 Å². The normalized spacial score (nSPS) is 10.3. The third-order valence-corrected chi connectivity index (χ3v) is 2.41. The zero-order valence-electron chi connectivity index (χ0n) is 9.64. The minimum atomic E-state index is -0.328. The number of rotatable bonds is 4. The second-order valence-corrected chi connectivity index (χ2v) is 3.50. The van der Waals surface area contributed by atoms with Crippen molar-refractivity contribution in [1.82, 2.24) is 14.8 Å². The highest BCUT2D eigenvalue weighted by Crippen LogP contribution is 2.25. The molecule has 2 aromatic rings. The smallest absolute Gasteiger partial charge is 0.145 e. The number of hydrogen-bond donors (Lipinski definition) is 1. The number of nitrogens with one attached hydrogen (secondary N) is 1. The van der Waals surface area contributed by atoms with Gasteiger partial charge < -0.3 is 10.1 Å². The molecule has 1 aromatic heterocycles. The van der Waals surface area contributed by atoms with E-state index in [1.54, 1.807) is 10.7 Å². The molecule has 0 unspecified atom stereocenters. The highest BCUT2D eigenvalue weighted by atomic mass is 19.1. The highest BCUT2D eigenvalue weighted by Gasteiger charge is 2.05. The van der Waals surface area contributed by atoms with Crippen LogP contribution in [-0.4, -0.2) is 21.9 Å². The number of halogens is 1. The Morgan fingerprint density at radius 1 is 1.47 bits per heavy atom. The van der Waals surface area contributed by atoms with E-state index in [1.807, 2.05) is 7.05 Å². The summed E-state index contributed by atoms with van der Waals surface area (Å²) in [5.74, 6) is 0.926. The summed E-state index contributed by atoms with van der Waals surface area (Å²) in [6.07, 6.45) is 1.49. The molecule has 0 aliphatic carbocycles. The maximum absolute atomic E-state index is 13.0. The van der Waals surface area contributed by atoms with Crippen molar-refractivity contribution in [2.24, 2.45) is 7.05 Å². The molecule has 1 heterocycles. The van der Waals surface area contributed by atoms with Crippen LogP contribution in [0.2, 0.25) is 0 Å². The Balaban J connectivity index is 2.11. The van der Waals surface area contributed by atoms with Crippen LogP contribution in [0.1, 0.15) is 5.82 Å². The lowest BCUT2D eigenvalue weighted by Gasteiger charge is -2.10. The van der Waals surface area contributed by atoms with Crippen LogP contribution in [0.25, 0.3) is 0 Å². The van der Waals surface area contributed by atoms with Gasteiger partial charge in [-0.05, 0) is 12.1 Å². The lowest BCUT2D eigenvalue weighted by molar-refractivity contribution is 0.413. The molecule has 0 atom stereocenters. The highest BCUT2D eigenvalue weighted by molar-refractivity contribution is 5.56. The number of aromatic nitrogens is 3.